The lowest BCUT2D eigenvalue weighted by molar-refractivity contribution is 0.261. The van der Waals surface area contributed by atoms with Crippen molar-refractivity contribution in [1.29, 1.82) is 0 Å². The van der Waals surface area contributed by atoms with E-state index in [1.165, 1.54) is 0 Å². The van der Waals surface area contributed by atoms with Crippen molar-refractivity contribution in [2.75, 3.05) is 19.6 Å². The van der Waals surface area contributed by atoms with Gasteiger partial charge in [-0.15, -0.1) is 12.4 Å². The van der Waals surface area contributed by atoms with Gasteiger partial charge in [0, 0.05) is 12.1 Å². The molecule has 108 valence electrons. The lowest BCUT2D eigenvalue weighted by Gasteiger charge is -2.12. The number of nitrogens with zero attached hydrogens (tertiary/aromatic N) is 3. The molecule has 0 aliphatic carbocycles. The maximum absolute atomic E-state index is 5.69. The Morgan fingerprint density at radius 3 is 2.80 bits per heavy atom. The molecule has 2 N–H and O–H groups in total. The summed E-state index contributed by atoms with van der Waals surface area (Å²) >= 11 is 0. The molecule has 1 fully saturated rings. The molecule has 5 nitrogen and oxygen atoms in total. The van der Waals surface area contributed by atoms with Crippen molar-refractivity contribution in [2.24, 2.45) is 11.7 Å². The van der Waals surface area contributed by atoms with E-state index in [0.29, 0.717) is 17.6 Å². The maximum Gasteiger partial charge on any atom is 0.241 e. The van der Waals surface area contributed by atoms with E-state index in [1.807, 2.05) is 30.3 Å². The Bertz CT molecular complexity index is 531. The Kier molecular flexibility index (Phi) is 5.11. The number of rotatable bonds is 4. The molecule has 2 aromatic rings. The summed E-state index contributed by atoms with van der Waals surface area (Å²) in [7, 11) is 0. The van der Waals surface area contributed by atoms with E-state index in [1.54, 1.807) is 0 Å². The number of benzene rings is 1. The van der Waals surface area contributed by atoms with Gasteiger partial charge in [0.2, 0.25) is 11.7 Å². The van der Waals surface area contributed by atoms with Crippen LogP contribution in [0.25, 0.3) is 11.4 Å². The molecule has 1 saturated heterocycles. The molecular weight excluding hydrogens is 276 g/mol. The number of nitrogens with two attached hydrogens (primary N) is 1. The van der Waals surface area contributed by atoms with Crippen molar-refractivity contribution >= 4 is 12.4 Å². The summed E-state index contributed by atoms with van der Waals surface area (Å²) in [6.07, 6.45) is 1.16. The van der Waals surface area contributed by atoms with Crippen molar-refractivity contribution in [3.8, 4) is 11.4 Å². The Morgan fingerprint density at radius 1 is 1.30 bits per heavy atom. The Morgan fingerprint density at radius 2 is 2.10 bits per heavy atom. The zero-order valence-corrected chi connectivity index (χ0v) is 12.1. The highest BCUT2D eigenvalue weighted by Crippen LogP contribution is 2.19. The molecule has 2 heterocycles. The molecule has 20 heavy (non-hydrogen) atoms. The second kappa shape index (κ2) is 6.83. The van der Waals surface area contributed by atoms with Crippen molar-refractivity contribution < 1.29 is 4.52 Å². The zero-order valence-electron chi connectivity index (χ0n) is 11.2. The van der Waals surface area contributed by atoms with Gasteiger partial charge in [0.25, 0.3) is 0 Å². The van der Waals surface area contributed by atoms with Gasteiger partial charge in [-0.2, -0.15) is 4.98 Å². The van der Waals surface area contributed by atoms with E-state index in [2.05, 4.69) is 15.0 Å². The highest BCUT2D eigenvalue weighted by atomic mass is 35.5. The second-order valence-corrected chi connectivity index (χ2v) is 5.00. The highest BCUT2D eigenvalue weighted by molar-refractivity contribution is 5.85. The van der Waals surface area contributed by atoms with Crippen LogP contribution in [-0.4, -0.2) is 34.7 Å². The average molecular weight is 295 g/mol. The third-order valence-electron chi connectivity index (χ3n) is 3.56. The number of likely N-dealkylation sites (tertiary alicyclic amines) is 1. The molecule has 1 unspecified atom stereocenters. The van der Waals surface area contributed by atoms with Gasteiger partial charge >= 0.3 is 0 Å². The van der Waals surface area contributed by atoms with Gasteiger partial charge in [0.1, 0.15) is 0 Å². The molecule has 0 amide bonds. The van der Waals surface area contributed by atoms with Crippen molar-refractivity contribution in [3.05, 3.63) is 36.2 Å². The van der Waals surface area contributed by atoms with Crippen LogP contribution in [0.15, 0.2) is 34.9 Å². The van der Waals surface area contributed by atoms with E-state index in [0.717, 1.165) is 38.2 Å². The summed E-state index contributed by atoms with van der Waals surface area (Å²) < 4.78 is 5.32. The average Bonchev–Trinajstić information content (AvgIpc) is 3.09. The van der Waals surface area contributed by atoms with E-state index in [4.69, 9.17) is 10.3 Å². The van der Waals surface area contributed by atoms with E-state index in [-0.39, 0.29) is 12.4 Å². The largest absolute Gasteiger partial charge is 0.338 e. The fourth-order valence-electron chi connectivity index (χ4n) is 2.46. The molecular formula is C14H19ClN4O. The number of hydrogen-bond donors (Lipinski definition) is 1. The summed E-state index contributed by atoms with van der Waals surface area (Å²) in [5.41, 5.74) is 6.68. The van der Waals surface area contributed by atoms with Crippen LogP contribution in [0.5, 0.6) is 0 Å². The number of halogens is 1. The lowest BCUT2D eigenvalue weighted by Crippen LogP contribution is -2.22. The molecule has 0 radical (unpaired) electrons. The van der Waals surface area contributed by atoms with Gasteiger partial charge in [-0.25, -0.2) is 0 Å². The summed E-state index contributed by atoms with van der Waals surface area (Å²) in [6.45, 7) is 3.57. The van der Waals surface area contributed by atoms with Crippen molar-refractivity contribution in [2.45, 2.75) is 13.0 Å². The first-order valence-electron chi connectivity index (χ1n) is 6.65. The van der Waals surface area contributed by atoms with Crippen LogP contribution < -0.4 is 5.73 Å². The highest BCUT2D eigenvalue weighted by Gasteiger charge is 2.23. The van der Waals surface area contributed by atoms with Gasteiger partial charge < -0.3 is 10.3 Å². The Hall–Kier alpha value is -1.43. The third-order valence-corrected chi connectivity index (χ3v) is 3.56. The summed E-state index contributed by atoms with van der Waals surface area (Å²) in [5, 5.41) is 4.03. The third kappa shape index (κ3) is 3.36. The Labute approximate surface area is 124 Å². The molecule has 3 rings (SSSR count). The maximum atomic E-state index is 5.69. The van der Waals surface area contributed by atoms with Crippen LogP contribution in [0.1, 0.15) is 12.3 Å². The van der Waals surface area contributed by atoms with Crippen LogP contribution in [0.4, 0.5) is 0 Å². The molecule has 6 heteroatoms. The molecule has 1 aliphatic heterocycles. The number of hydrogen-bond acceptors (Lipinski definition) is 5. The minimum Gasteiger partial charge on any atom is -0.338 e. The van der Waals surface area contributed by atoms with E-state index < -0.39 is 0 Å². The molecule has 1 aromatic carbocycles. The van der Waals surface area contributed by atoms with E-state index >= 15 is 0 Å². The Balaban J connectivity index is 0.00000147. The molecule has 1 aromatic heterocycles. The van der Waals surface area contributed by atoms with Crippen LogP contribution in [0, 0.1) is 5.92 Å². The molecule has 1 aliphatic rings. The van der Waals surface area contributed by atoms with Crippen LogP contribution >= 0.6 is 12.4 Å². The lowest BCUT2D eigenvalue weighted by atomic mass is 10.1. The summed E-state index contributed by atoms with van der Waals surface area (Å²) in [5.74, 6) is 1.94. The zero-order chi connectivity index (χ0) is 13.1. The minimum atomic E-state index is 0. The van der Waals surface area contributed by atoms with Crippen LogP contribution in [0.3, 0.4) is 0 Å². The summed E-state index contributed by atoms with van der Waals surface area (Å²) in [6, 6.07) is 9.88. The predicted molar refractivity (Wildman–Crippen MR) is 79.4 cm³/mol. The molecule has 1 atom stereocenters. The molecule has 0 saturated carbocycles. The minimum absolute atomic E-state index is 0. The standard InChI is InChI=1S/C14H18N4O.ClH/c15-8-11-6-7-18(9-11)10-13-16-14(17-19-13)12-4-2-1-3-5-12;/h1-5,11H,6-10,15H2;1H. The van der Waals surface area contributed by atoms with Crippen molar-refractivity contribution in [3.63, 3.8) is 0 Å². The van der Waals surface area contributed by atoms with Gasteiger partial charge in [-0.05, 0) is 25.4 Å². The first kappa shape index (κ1) is 15.0. The molecule has 0 spiro atoms. The topological polar surface area (TPSA) is 68.2 Å². The number of aromatic nitrogens is 2. The SMILES string of the molecule is Cl.NCC1CCN(Cc2nc(-c3ccccc3)no2)C1. The quantitative estimate of drug-likeness (QED) is 0.933. The van der Waals surface area contributed by atoms with Gasteiger partial charge in [-0.1, -0.05) is 35.5 Å². The fourth-order valence-corrected chi connectivity index (χ4v) is 2.46. The normalized spacial score (nSPS) is 18.9. The second-order valence-electron chi connectivity index (χ2n) is 5.00. The predicted octanol–water partition coefficient (Wildman–Crippen LogP) is 1.94. The smallest absolute Gasteiger partial charge is 0.241 e. The first-order chi connectivity index (χ1) is 9.35. The monoisotopic (exact) mass is 294 g/mol. The molecule has 0 bridgehead atoms. The van der Waals surface area contributed by atoms with Gasteiger partial charge in [0.05, 0.1) is 6.54 Å². The fraction of sp³-hybridized carbons (Fsp3) is 0.429. The van der Waals surface area contributed by atoms with Crippen LogP contribution in [0.2, 0.25) is 0 Å². The van der Waals surface area contributed by atoms with Gasteiger partial charge in [-0.3, -0.25) is 4.90 Å². The summed E-state index contributed by atoms with van der Waals surface area (Å²) in [4.78, 5) is 6.76. The van der Waals surface area contributed by atoms with E-state index in [9.17, 15) is 0 Å². The van der Waals surface area contributed by atoms with Gasteiger partial charge in [0.15, 0.2) is 0 Å². The van der Waals surface area contributed by atoms with Crippen LogP contribution in [-0.2, 0) is 6.54 Å². The first-order valence-corrected chi connectivity index (χ1v) is 6.65. The van der Waals surface area contributed by atoms with Crippen molar-refractivity contribution in [1.82, 2.24) is 15.0 Å².